The van der Waals surface area contributed by atoms with Crippen LogP contribution >= 0.6 is 11.3 Å². The number of hydrogen-bond donors (Lipinski definition) is 0. The summed E-state index contributed by atoms with van der Waals surface area (Å²) in [6.45, 7) is 3.45. The van der Waals surface area contributed by atoms with Crippen molar-refractivity contribution in [2.24, 2.45) is 5.16 Å². The Balaban J connectivity index is 1.72. The van der Waals surface area contributed by atoms with Gasteiger partial charge in [-0.2, -0.15) is 0 Å². The molecule has 3 heterocycles. The summed E-state index contributed by atoms with van der Waals surface area (Å²) in [5.41, 5.74) is 6.36. The maximum absolute atomic E-state index is 5.48. The molecule has 2 atom stereocenters. The van der Waals surface area contributed by atoms with Crippen LogP contribution in [-0.4, -0.2) is 21.3 Å². The Morgan fingerprint density at radius 3 is 3.14 bits per heavy atom. The Kier molecular flexibility index (Phi) is 3.23. The standard InChI is InChI=1S/C16H14N4OS/c1-17-21-16(13-8-22-10-19-13)6-14-11-4-2-3-5-12(11)15-7-18-9-20(14)15/h2-5,7-10,14,16H,1,6H2. The van der Waals surface area contributed by atoms with E-state index in [1.165, 1.54) is 11.1 Å². The number of rotatable bonds is 5. The fourth-order valence-corrected chi connectivity index (χ4v) is 3.66. The molecule has 4 rings (SSSR count). The molecule has 5 nitrogen and oxygen atoms in total. The van der Waals surface area contributed by atoms with Crippen LogP contribution in [0.4, 0.5) is 0 Å². The Hall–Kier alpha value is -2.47. The topological polar surface area (TPSA) is 52.3 Å². The molecule has 0 aliphatic carbocycles. The highest BCUT2D eigenvalue weighted by Crippen LogP contribution is 2.43. The van der Waals surface area contributed by atoms with Crippen molar-refractivity contribution in [2.45, 2.75) is 18.6 Å². The largest absolute Gasteiger partial charge is 0.386 e. The van der Waals surface area contributed by atoms with Gasteiger partial charge in [-0.3, -0.25) is 0 Å². The second-order valence-electron chi connectivity index (χ2n) is 5.16. The molecule has 1 aromatic carbocycles. The number of oxime groups is 1. The first kappa shape index (κ1) is 13.2. The third-order valence-electron chi connectivity index (χ3n) is 4.02. The Morgan fingerprint density at radius 1 is 1.41 bits per heavy atom. The zero-order valence-corrected chi connectivity index (χ0v) is 12.6. The Bertz CT molecular complexity index is 796. The summed E-state index contributed by atoms with van der Waals surface area (Å²) in [4.78, 5) is 14.1. The number of fused-ring (bicyclic) bond motifs is 3. The fourth-order valence-electron chi connectivity index (χ4n) is 3.06. The normalized spacial score (nSPS) is 16.8. The number of nitrogens with zero attached hydrogens (tertiary/aromatic N) is 4. The summed E-state index contributed by atoms with van der Waals surface area (Å²) >= 11 is 1.55. The van der Waals surface area contributed by atoms with Crippen molar-refractivity contribution < 1.29 is 4.84 Å². The summed E-state index contributed by atoms with van der Waals surface area (Å²) in [6, 6.07) is 8.58. The van der Waals surface area contributed by atoms with Gasteiger partial charge in [-0.1, -0.05) is 24.3 Å². The van der Waals surface area contributed by atoms with Crippen molar-refractivity contribution in [3.05, 3.63) is 58.9 Å². The predicted molar refractivity (Wildman–Crippen MR) is 85.9 cm³/mol. The van der Waals surface area contributed by atoms with Crippen molar-refractivity contribution in [1.82, 2.24) is 14.5 Å². The first-order chi connectivity index (χ1) is 10.9. The lowest BCUT2D eigenvalue weighted by molar-refractivity contribution is 0.0444. The molecular formula is C16H14N4OS. The average Bonchev–Trinajstić information content (AvgIpc) is 3.26. The predicted octanol–water partition coefficient (Wildman–Crippen LogP) is 3.67. The van der Waals surface area contributed by atoms with E-state index < -0.39 is 0 Å². The lowest BCUT2D eigenvalue weighted by Crippen LogP contribution is -2.12. The van der Waals surface area contributed by atoms with Crippen molar-refractivity contribution >= 4 is 18.1 Å². The van der Waals surface area contributed by atoms with E-state index in [1.54, 1.807) is 16.8 Å². The molecular weight excluding hydrogens is 296 g/mol. The van der Waals surface area contributed by atoms with E-state index in [4.69, 9.17) is 4.84 Å². The number of aromatic nitrogens is 3. The number of hydrogen-bond acceptors (Lipinski definition) is 5. The van der Waals surface area contributed by atoms with Crippen molar-refractivity contribution in [1.29, 1.82) is 0 Å². The zero-order chi connectivity index (χ0) is 14.9. The van der Waals surface area contributed by atoms with Gasteiger partial charge in [0.2, 0.25) is 0 Å². The molecule has 0 fully saturated rings. The smallest absolute Gasteiger partial charge is 0.172 e. The highest BCUT2D eigenvalue weighted by Gasteiger charge is 2.31. The van der Waals surface area contributed by atoms with E-state index in [0.717, 1.165) is 17.8 Å². The molecule has 0 radical (unpaired) electrons. The van der Waals surface area contributed by atoms with Gasteiger partial charge in [-0.05, 0) is 5.56 Å². The molecule has 0 bridgehead atoms. The van der Waals surface area contributed by atoms with Crippen LogP contribution in [0.2, 0.25) is 0 Å². The van der Waals surface area contributed by atoms with E-state index in [-0.39, 0.29) is 12.1 Å². The lowest BCUT2D eigenvalue weighted by Gasteiger charge is -2.20. The molecule has 0 saturated carbocycles. The molecule has 3 aromatic rings. The summed E-state index contributed by atoms with van der Waals surface area (Å²) in [5.74, 6) is 0. The maximum atomic E-state index is 5.48. The third kappa shape index (κ3) is 2.03. The van der Waals surface area contributed by atoms with Crippen molar-refractivity contribution in [3.63, 3.8) is 0 Å². The van der Waals surface area contributed by atoms with Gasteiger partial charge in [0.05, 0.1) is 35.5 Å². The minimum absolute atomic E-state index is 0.169. The van der Waals surface area contributed by atoms with Gasteiger partial charge in [0.1, 0.15) is 0 Å². The molecule has 1 aliphatic rings. The second-order valence-corrected chi connectivity index (χ2v) is 5.88. The Labute approximate surface area is 131 Å². The summed E-state index contributed by atoms with van der Waals surface area (Å²) in [6.07, 6.45) is 4.31. The van der Waals surface area contributed by atoms with Gasteiger partial charge in [0.15, 0.2) is 6.10 Å². The molecule has 22 heavy (non-hydrogen) atoms. The van der Waals surface area contributed by atoms with Gasteiger partial charge >= 0.3 is 0 Å². The van der Waals surface area contributed by atoms with Crippen LogP contribution in [0.25, 0.3) is 11.3 Å². The molecule has 1 aliphatic heterocycles. The van der Waals surface area contributed by atoms with Gasteiger partial charge in [-0.25, -0.2) is 9.97 Å². The summed E-state index contributed by atoms with van der Waals surface area (Å²) in [7, 11) is 0. The number of thiazole rings is 1. The molecule has 0 N–H and O–H groups in total. The average molecular weight is 310 g/mol. The van der Waals surface area contributed by atoms with Crippen molar-refractivity contribution in [3.8, 4) is 11.3 Å². The maximum Gasteiger partial charge on any atom is 0.172 e. The van der Waals surface area contributed by atoms with Crippen LogP contribution < -0.4 is 0 Å². The molecule has 0 spiro atoms. The van der Waals surface area contributed by atoms with Crippen molar-refractivity contribution in [2.75, 3.05) is 0 Å². The monoisotopic (exact) mass is 310 g/mol. The first-order valence-corrected chi connectivity index (χ1v) is 7.94. The molecule has 0 amide bonds. The molecule has 2 aromatic heterocycles. The van der Waals surface area contributed by atoms with Gasteiger partial charge in [-0.15, -0.1) is 16.5 Å². The zero-order valence-electron chi connectivity index (χ0n) is 11.8. The van der Waals surface area contributed by atoms with Crippen LogP contribution in [0.5, 0.6) is 0 Å². The highest BCUT2D eigenvalue weighted by atomic mass is 32.1. The van der Waals surface area contributed by atoms with E-state index in [0.29, 0.717) is 0 Å². The van der Waals surface area contributed by atoms with Gasteiger partial charge in [0.25, 0.3) is 0 Å². The van der Waals surface area contributed by atoms with E-state index in [2.05, 4.69) is 50.7 Å². The molecule has 2 unspecified atom stereocenters. The van der Waals surface area contributed by atoms with Crippen LogP contribution in [0, 0.1) is 0 Å². The van der Waals surface area contributed by atoms with E-state index >= 15 is 0 Å². The van der Waals surface area contributed by atoms with Crippen LogP contribution in [0.1, 0.15) is 29.8 Å². The summed E-state index contributed by atoms with van der Waals surface area (Å²) in [5, 5.41) is 5.61. The van der Waals surface area contributed by atoms with E-state index in [9.17, 15) is 0 Å². The number of imidazole rings is 1. The lowest BCUT2D eigenvalue weighted by atomic mass is 9.98. The van der Waals surface area contributed by atoms with E-state index in [1.807, 2.05) is 17.9 Å². The number of benzene rings is 1. The van der Waals surface area contributed by atoms with Crippen LogP contribution in [0.15, 0.2) is 52.8 Å². The third-order valence-corrected chi connectivity index (χ3v) is 4.62. The van der Waals surface area contributed by atoms with Crippen LogP contribution in [0.3, 0.4) is 0 Å². The summed E-state index contributed by atoms with van der Waals surface area (Å²) < 4.78 is 2.19. The van der Waals surface area contributed by atoms with Gasteiger partial charge in [0, 0.05) is 24.1 Å². The molecule has 6 heteroatoms. The SMILES string of the molecule is C=NOC(CC1c2ccccc2-c2cncn21)c1cscn1. The van der Waals surface area contributed by atoms with Crippen LogP contribution in [-0.2, 0) is 4.84 Å². The first-order valence-electron chi connectivity index (χ1n) is 6.99. The van der Waals surface area contributed by atoms with Gasteiger partial charge < -0.3 is 9.40 Å². The fraction of sp³-hybridized carbons (Fsp3) is 0.188. The minimum Gasteiger partial charge on any atom is -0.386 e. The highest BCUT2D eigenvalue weighted by molar-refractivity contribution is 7.07. The molecule has 0 saturated heterocycles. The molecule has 110 valence electrons. The minimum atomic E-state index is -0.213. The Morgan fingerprint density at radius 2 is 2.32 bits per heavy atom. The second kappa shape index (κ2) is 5.38. The quantitative estimate of drug-likeness (QED) is 0.533.